The van der Waals surface area contributed by atoms with Crippen LogP contribution in [0.25, 0.3) is 5.65 Å². The molecule has 3 aromatic rings. The minimum absolute atomic E-state index is 0.0464. The van der Waals surface area contributed by atoms with Crippen molar-refractivity contribution in [3.8, 4) is 0 Å². The summed E-state index contributed by atoms with van der Waals surface area (Å²) in [5, 5.41) is 9.72. The predicted molar refractivity (Wildman–Crippen MR) is 127 cm³/mol. The highest BCUT2D eigenvalue weighted by Gasteiger charge is 2.73. The number of rotatable bonds is 7. The molecule has 7 rings (SSSR count). The molecule has 0 saturated heterocycles. The largest absolute Gasteiger partial charge is 0.350 e. The van der Waals surface area contributed by atoms with Crippen LogP contribution in [0.15, 0.2) is 30.7 Å². The van der Waals surface area contributed by atoms with Crippen LogP contribution >= 0.6 is 0 Å². The predicted octanol–water partition coefficient (Wildman–Crippen LogP) is 3.06. The molecule has 3 heterocycles. The Morgan fingerprint density at radius 1 is 1.20 bits per heavy atom. The maximum Gasteiger partial charge on any atom is 0.291 e. The van der Waals surface area contributed by atoms with Crippen LogP contribution < -0.4 is 5.32 Å². The number of carbonyl (C=O) groups is 2. The van der Waals surface area contributed by atoms with Crippen molar-refractivity contribution in [2.75, 3.05) is 13.1 Å². The van der Waals surface area contributed by atoms with Gasteiger partial charge in [0, 0.05) is 19.3 Å². The average molecular weight is 474 g/mol. The molecule has 1 spiro atoms. The van der Waals surface area contributed by atoms with Gasteiger partial charge in [-0.1, -0.05) is 6.07 Å². The van der Waals surface area contributed by atoms with Crippen molar-refractivity contribution in [2.45, 2.75) is 52.0 Å². The van der Waals surface area contributed by atoms with Gasteiger partial charge in [0.1, 0.15) is 17.7 Å². The number of hydrogen-bond donors (Lipinski definition) is 2. The van der Waals surface area contributed by atoms with Crippen molar-refractivity contribution in [1.29, 1.82) is 0 Å². The van der Waals surface area contributed by atoms with Crippen LogP contribution in [0.2, 0.25) is 0 Å². The summed E-state index contributed by atoms with van der Waals surface area (Å²) < 4.78 is 1.84. The van der Waals surface area contributed by atoms with E-state index in [0.29, 0.717) is 35.3 Å². The number of hydrogen-bond acceptors (Lipinski definition) is 5. The maximum absolute atomic E-state index is 13.4. The van der Waals surface area contributed by atoms with Crippen LogP contribution in [0, 0.1) is 28.6 Å². The maximum atomic E-state index is 13.4. The molecule has 5 unspecified atom stereocenters. The van der Waals surface area contributed by atoms with Crippen LogP contribution in [-0.2, 0) is 6.54 Å². The van der Waals surface area contributed by atoms with Crippen molar-refractivity contribution < 1.29 is 9.59 Å². The number of amides is 2. The molecule has 9 nitrogen and oxygen atoms in total. The fourth-order valence-corrected chi connectivity index (χ4v) is 8.54. The normalized spacial score (nSPS) is 32.0. The summed E-state index contributed by atoms with van der Waals surface area (Å²) >= 11 is 0. The fourth-order valence-electron chi connectivity index (χ4n) is 8.54. The molecular formula is C26H31N7O2. The van der Waals surface area contributed by atoms with Crippen molar-refractivity contribution in [3.63, 3.8) is 0 Å². The zero-order chi connectivity index (χ0) is 23.8. The SMILES string of the molecule is CCN(Cc1cn2c(C(=O)NCC34CC5CC6CC(C3)C4(C6)C5)cccc2n1)C(=O)c1ncn[nH]1. The monoisotopic (exact) mass is 473 g/mol. The van der Waals surface area contributed by atoms with E-state index in [1.165, 1.54) is 44.9 Å². The second-order valence-corrected chi connectivity index (χ2v) is 11.4. The van der Waals surface area contributed by atoms with Crippen molar-refractivity contribution in [3.05, 3.63) is 47.9 Å². The van der Waals surface area contributed by atoms with Gasteiger partial charge < -0.3 is 10.2 Å². The highest BCUT2D eigenvalue weighted by atomic mass is 16.2. The molecule has 182 valence electrons. The summed E-state index contributed by atoms with van der Waals surface area (Å²) in [6.07, 6.45) is 11.4. The first-order chi connectivity index (χ1) is 17.0. The minimum Gasteiger partial charge on any atom is -0.350 e. The number of fused-ring (bicyclic) bond motifs is 3. The molecule has 2 N–H and O–H groups in total. The molecule has 4 aliphatic carbocycles. The van der Waals surface area contributed by atoms with E-state index in [2.05, 4.69) is 25.5 Å². The number of aromatic amines is 1. The number of aromatic nitrogens is 5. The molecule has 5 atom stereocenters. The molecule has 4 fully saturated rings. The molecule has 0 aromatic carbocycles. The zero-order valence-corrected chi connectivity index (χ0v) is 20.0. The fraction of sp³-hybridized carbons (Fsp3) is 0.577. The Balaban J connectivity index is 1.09. The quantitative estimate of drug-likeness (QED) is 0.548. The van der Waals surface area contributed by atoms with E-state index in [0.717, 1.165) is 30.0 Å². The van der Waals surface area contributed by atoms with Crippen molar-refractivity contribution >= 4 is 17.5 Å². The number of pyridine rings is 1. The molecule has 35 heavy (non-hydrogen) atoms. The highest BCUT2D eigenvalue weighted by molar-refractivity contribution is 5.93. The Kier molecular flexibility index (Phi) is 4.45. The van der Waals surface area contributed by atoms with E-state index in [9.17, 15) is 9.59 Å². The molecular weight excluding hydrogens is 442 g/mol. The number of imidazole rings is 1. The summed E-state index contributed by atoms with van der Waals surface area (Å²) in [5.74, 6) is 2.65. The number of nitrogens with one attached hydrogen (secondary N) is 2. The van der Waals surface area contributed by atoms with Crippen LogP contribution in [0.5, 0.6) is 0 Å². The first kappa shape index (κ1) is 21.1. The lowest BCUT2D eigenvalue weighted by Crippen LogP contribution is -2.57. The molecule has 4 saturated carbocycles. The Hall–Kier alpha value is -3.23. The van der Waals surface area contributed by atoms with E-state index >= 15 is 0 Å². The van der Waals surface area contributed by atoms with Gasteiger partial charge in [-0.05, 0) is 86.2 Å². The van der Waals surface area contributed by atoms with E-state index in [1.54, 1.807) is 4.90 Å². The molecule has 0 aliphatic heterocycles. The molecule has 2 amide bonds. The Morgan fingerprint density at radius 2 is 2.09 bits per heavy atom. The molecule has 0 radical (unpaired) electrons. The standard InChI is InChI=1S/C26H31N7O2/c1-2-32(24(35)22-28-15-29-31-22)12-19-13-33-20(4-3-5-21(33)30-19)23(34)27-14-25-8-17-6-16-7-18(11-25)26(25,9-16)10-17/h3-5,13,15-18H,2,6-12,14H2,1H3,(H,27,34)(H,28,29,31). The van der Waals surface area contributed by atoms with Crippen LogP contribution in [0.1, 0.15) is 72.3 Å². The topological polar surface area (TPSA) is 108 Å². The highest BCUT2D eigenvalue weighted by Crippen LogP contribution is 2.81. The van der Waals surface area contributed by atoms with E-state index in [4.69, 9.17) is 0 Å². The molecule has 3 aromatic heterocycles. The summed E-state index contributed by atoms with van der Waals surface area (Å²) in [6, 6.07) is 5.61. The first-order valence-corrected chi connectivity index (χ1v) is 12.9. The lowest BCUT2D eigenvalue weighted by Gasteiger charge is -2.59. The zero-order valence-electron chi connectivity index (χ0n) is 20.0. The molecule has 9 heteroatoms. The van der Waals surface area contributed by atoms with Crippen molar-refractivity contribution in [1.82, 2.24) is 34.8 Å². The van der Waals surface area contributed by atoms with Gasteiger partial charge in [0.2, 0.25) is 5.82 Å². The lowest BCUT2D eigenvalue weighted by atomic mass is 9.46. The van der Waals surface area contributed by atoms with Crippen molar-refractivity contribution in [2.24, 2.45) is 28.6 Å². The third-order valence-corrected chi connectivity index (χ3v) is 9.75. The van der Waals surface area contributed by atoms with Gasteiger partial charge in [0.25, 0.3) is 11.8 Å². The lowest BCUT2D eigenvalue weighted by molar-refractivity contribution is -0.0960. The summed E-state index contributed by atoms with van der Waals surface area (Å²) in [4.78, 5) is 36.4. The molecule has 4 aliphatic rings. The van der Waals surface area contributed by atoms with Gasteiger partial charge >= 0.3 is 0 Å². The van der Waals surface area contributed by atoms with Gasteiger partial charge in [-0.15, -0.1) is 0 Å². The Morgan fingerprint density at radius 3 is 2.91 bits per heavy atom. The van der Waals surface area contributed by atoms with E-state index in [1.807, 2.05) is 35.7 Å². The van der Waals surface area contributed by atoms with Crippen LogP contribution in [0.3, 0.4) is 0 Å². The van der Waals surface area contributed by atoms with E-state index < -0.39 is 0 Å². The molecule has 3 bridgehead atoms. The second kappa shape index (κ2) is 7.38. The summed E-state index contributed by atoms with van der Waals surface area (Å²) in [5.41, 5.74) is 2.84. The summed E-state index contributed by atoms with van der Waals surface area (Å²) in [7, 11) is 0. The summed E-state index contributed by atoms with van der Waals surface area (Å²) in [6.45, 7) is 3.54. The number of carbonyl (C=O) groups excluding carboxylic acids is 2. The Labute approximate surface area is 203 Å². The average Bonchev–Trinajstić information content (AvgIpc) is 3.60. The van der Waals surface area contributed by atoms with Gasteiger partial charge in [0.15, 0.2) is 0 Å². The third-order valence-electron chi connectivity index (χ3n) is 9.75. The first-order valence-electron chi connectivity index (χ1n) is 12.9. The van der Waals surface area contributed by atoms with E-state index in [-0.39, 0.29) is 17.6 Å². The van der Waals surface area contributed by atoms with Gasteiger partial charge in [0.05, 0.1) is 12.2 Å². The van der Waals surface area contributed by atoms with Gasteiger partial charge in [-0.2, -0.15) is 5.10 Å². The smallest absolute Gasteiger partial charge is 0.291 e. The van der Waals surface area contributed by atoms with Gasteiger partial charge in [-0.3, -0.25) is 19.1 Å². The second-order valence-electron chi connectivity index (χ2n) is 11.4. The number of nitrogens with zero attached hydrogens (tertiary/aromatic N) is 5. The van der Waals surface area contributed by atoms with Crippen LogP contribution in [-0.4, -0.2) is 54.4 Å². The Bertz CT molecular complexity index is 1310. The number of H-pyrrole nitrogens is 1. The van der Waals surface area contributed by atoms with Crippen LogP contribution in [0.4, 0.5) is 0 Å². The van der Waals surface area contributed by atoms with Gasteiger partial charge in [-0.25, -0.2) is 9.97 Å². The minimum atomic E-state index is -0.228. The third kappa shape index (κ3) is 2.96.